The summed E-state index contributed by atoms with van der Waals surface area (Å²) in [4.78, 5) is 19.1. The number of aryl methyl sites for hydroxylation is 2. The second-order valence-corrected chi connectivity index (χ2v) is 9.03. The summed E-state index contributed by atoms with van der Waals surface area (Å²) in [5, 5.41) is 7.11. The van der Waals surface area contributed by atoms with E-state index in [9.17, 15) is 4.79 Å². The SMILES string of the molecule is CNC(C(c1cc2c(C)ccc(C)c2[nH]c1=O)N1CCCC1)N(NC)C1CCCC1. The molecule has 0 radical (unpaired) electrons. The van der Waals surface area contributed by atoms with Crippen molar-refractivity contribution in [3.8, 4) is 0 Å². The van der Waals surface area contributed by atoms with Crippen LogP contribution in [0.5, 0.6) is 0 Å². The van der Waals surface area contributed by atoms with Crippen LogP contribution in [0.3, 0.4) is 0 Å². The van der Waals surface area contributed by atoms with Crippen molar-refractivity contribution >= 4 is 10.9 Å². The Kier molecular flexibility index (Phi) is 6.58. The van der Waals surface area contributed by atoms with Gasteiger partial charge in [0.2, 0.25) is 0 Å². The van der Waals surface area contributed by atoms with Gasteiger partial charge in [0.05, 0.1) is 17.7 Å². The summed E-state index contributed by atoms with van der Waals surface area (Å²) in [6.07, 6.45) is 7.39. The van der Waals surface area contributed by atoms with Gasteiger partial charge in [-0.05, 0) is 83.9 Å². The fourth-order valence-corrected chi connectivity index (χ4v) is 5.58. The molecule has 2 fully saturated rings. The lowest BCUT2D eigenvalue weighted by Crippen LogP contribution is -2.60. The highest BCUT2D eigenvalue weighted by Crippen LogP contribution is 2.33. The fraction of sp³-hybridized carbons (Fsp3) is 0.625. The number of pyridine rings is 1. The average Bonchev–Trinajstić information content (AvgIpc) is 3.46. The van der Waals surface area contributed by atoms with E-state index in [2.05, 4.69) is 57.7 Å². The van der Waals surface area contributed by atoms with E-state index in [-0.39, 0.29) is 17.8 Å². The van der Waals surface area contributed by atoms with Crippen molar-refractivity contribution in [2.45, 2.75) is 70.6 Å². The predicted molar refractivity (Wildman–Crippen MR) is 124 cm³/mol. The number of likely N-dealkylation sites (N-methyl/N-ethyl adjacent to an activating group) is 1. The van der Waals surface area contributed by atoms with Crippen molar-refractivity contribution in [3.05, 3.63) is 45.2 Å². The summed E-state index contributed by atoms with van der Waals surface area (Å²) in [7, 11) is 4.04. The Balaban J connectivity index is 1.83. The zero-order chi connectivity index (χ0) is 21.3. The number of hydrogen-bond donors (Lipinski definition) is 3. The van der Waals surface area contributed by atoms with Crippen LogP contribution in [0.1, 0.15) is 61.3 Å². The Labute approximate surface area is 180 Å². The van der Waals surface area contributed by atoms with E-state index < -0.39 is 0 Å². The van der Waals surface area contributed by atoms with Crippen molar-refractivity contribution in [1.29, 1.82) is 0 Å². The molecule has 2 atom stereocenters. The maximum atomic E-state index is 13.4. The van der Waals surface area contributed by atoms with Crippen molar-refractivity contribution < 1.29 is 0 Å². The van der Waals surface area contributed by atoms with Gasteiger partial charge in [0, 0.05) is 17.0 Å². The van der Waals surface area contributed by atoms with Crippen molar-refractivity contribution in [2.75, 3.05) is 27.2 Å². The molecule has 2 aliphatic rings. The summed E-state index contributed by atoms with van der Waals surface area (Å²) in [5.41, 5.74) is 7.67. The molecule has 1 saturated carbocycles. The maximum absolute atomic E-state index is 13.4. The molecule has 0 spiro atoms. The van der Waals surface area contributed by atoms with Gasteiger partial charge in [-0.1, -0.05) is 25.0 Å². The van der Waals surface area contributed by atoms with Crippen LogP contribution in [0.15, 0.2) is 23.0 Å². The van der Waals surface area contributed by atoms with E-state index in [1.165, 1.54) is 44.1 Å². The van der Waals surface area contributed by atoms with Gasteiger partial charge in [0.25, 0.3) is 5.56 Å². The molecule has 6 heteroatoms. The van der Waals surface area contributed by atoms with Crippen LogP contribution in [0.4, 0.5) is 0 Å². The van der Waals surface area contributed by atoms with E-state index in [1.807, 2.05) is 14.1 Å². The summed E-state index contributed by atoms with van der Waals surface area (Å²) in [6.45, 7) is 6.27. The van der Waals surface area contributed by atoms with Gasteiger partial charge in [-0.3, -0.25) is 15.1 Å². The fourth-order valence-electron chi connectivity index (χ4n) is 5.58. The number of nitrogens with zero attached hydrogens (tertiary/aromatic N) is 2. The number of aromatic amines is 1. The molecule has 6 nitrogen and oxygen atoms in total. The molecule has 0 bridgehead atoms. The van der Waals surface area contributed by atoms with E-state index in [4.69, 9.17) is 0 Å². The number of nitrogens with one attached hydrogen (secondary N) is 3. The molecule has 1 aliphatic heterocycles. The first-order valence-corrected chi connectivity index (χ1v) is 11.5. The Hall–Kier alpha value is -1.73. The normalized spacial score (nSPS) is 20.4. The number of likely N-dealkylation sites (tertiary alicyclic amines) is 1. The molecular formula is C24H37N5O. The third-order valence-electron chi connectivity index (χ3n) is 7.20. The molecule has 30 heavy (non-hydrogen) atoms. The average molecular weight is 412 g/mol. The zero-order valence-electron chi connectivity index (χ0n) is 18.9. The molecule has 2 unspecified atom stereocenters. The third-order valence-corrected chi connectivity index (χ3v) is 7.20. The van der Waals surface area contributed by atoms with Crippen LogP contribution >= 0.6 is 0 Å². The van der Waals surface area contributed by atoms with Gasteiger partial charge < -0.3 is 10.3 Å². The Bertz CT molecular complexity index is 927. The van der Waals surface area contributed by atoms with Gasteiger partial charge in [-0.2, -0.15) is 0 Å². The predicted octanol–water partition coefficient (Wildman–Crippen LogP) is 3.21. The van der Waals surface area contributed by atoms with Crippen LogP contribution in [0, 0.1) is 13.8 Å². The standard InChI is InChI=1S/C24H37N5O/c1-16-11-12-17(2)21-19(16)15-20(24(30)27-21)22(28-13-7-8-14-28)23(25-3)29(26-4)18-9-5-6-10-18/h11-12,15,18,22-23,25-26H,5-10,13-14H2,1-4H3,(H,27,30). The number of hydrazine groups is 1. The Morgan fingerprint density at radius 2 is 1.73 bits per heavy atom. The number of fused-ring (bicyclic) bond motifs is 1. The van der Waals surface area contributed by atoms with Crippen LogP contribution < -0.4 is 16.3 Å². The largest absolute Gasteiger partial charge is 0.321 e. The van der Waals surface area contributed by atoms with Gasteiger partial charge in [0.15, 0.2) is 0 Å². The highest BCUT2D eigenvalue weighted by atomic mass is 16.1. The first kappa shape index (κ1) is 21.5. The Morgan fingerprint density at radius 1 is 1.07 bits per heavy atom. The van der Waals surface area contributed by atoms with Crippen LogP contribution in [0.25, 0.3) is 10.9 Å². The van der Waals surface area contributed by atoms with Gasteiger partial charge in [0.1, 0.15) is 0 Å². The number of H-pyrrole nitrogens is 1. The van der Waals surface area contributed by atoms with Gasteiger partial charge in [-0.15, -0.1) is 0 Å². The molecule has 1 aromatic carbocycles. The second kappa shape index (κ2) is 9.18. The number of benzene rings is 1. The molecular weight excluding hydrogens is 374 g/mol. The minimum Gasteiger partial charge on any atom is -0.321 e. The first-order chi connectivity index (χ1) is 14.5. The minimum absolute atomic E-state index is 0.00128. The van der Waals surface area contributed by atoms with E-state index in [0.717, 1.165) is 35.1 Å². The number of aromatic nitrogens is 1. The lowest BCUT2D eigenvalue weighted by Gasteiger charge is -2.43. The lowest BCUT2D eigenvalue weighted by molar-refractivity contribution is 0.00878. The molecule has 2 heterocycles. The van der Waals surface area contributed by atoms with Crippen molar-refractivity contribution in [2.24, 2.45) is 0 Å². The highest BCUT2D eigenvalue weighted by molar-refractivity contribution is 5.85. The summed E-state index contributed by atoms with van der Waals surface area (Å²) < 4.78 is 0. The third kappa shape index (κ3) is 3.94. The quantitative estimate of drug-likeness (QED) is 0.482. The zero-order valence-corrected chi connectivity index (χ0v) is 18.9. The number of hydrogen-bond acceptors (Lipinski definition) is 5. The monoisotopic (exact) mass is 411 g/mol. The van der Waals surface area contributed by atoms with Crippen molar-refractivity contribution in [3.63, 3.8) is 0 Å². The lowest BCUT2D eigenvalue weighted by atomic mass is 9.97. The van der Waals surface area contributed by atoms with Gasteiger partial charge >= 0.3 is 0 Å². The minimum atomic E-state index is -0.00128. The molecule has 0 amide bonds. The molecule has 4 rings (SSSR count). The van der Waals surface area contributed by atoms with E-state index in [0.29, 0.717) is 6.04 Å². The van der Waals surface area contributed by atoms with Crippen LogP contribution in [-0.4, -0.2) is 54.3 Å². The molecule has 1 saturated heterocycles. The molecule has 164 valence electrons. The van der Waals surface area contributed by atoms with E-state index >= 15 is 0 Å². The summed E-state index contributed by atoms with van der Waals surface area (Å²) in [6, 6.07) is 6.90. The van der Waals surface area contributed by atoms with Crippen molar-refractivity contribution in [1.82, 2.24) is 25.6 Å². The Morgan fingerprint density at radius 3 is 2.37 bits per heavy atom. The topological polar surface area (TPSA) is 63.4 Å². The van der Waals surface area contributed by atoms with Crippen LogP contribution in [-0.2, 0) is 0 Å². The molecule has 1 aliphatic carbocycles. The molecule has 1 aromatic heterocycles. The smallest absolute Gasteiger partial charge is 0.253 e. The second-order valence-electron chi connectivity index (χ2n) is 9.03. The van der Waals surface area contributed by atoms with Gasteiger partial charge in [-0.25, -0.2) is 5.01 Å². The van der Waals surface area contributed by atoms with Crippen LogP contribution in [0.2, 0.25) is 0 Å². The molecule has 2 aromatic rings. The highest BCUT2D eigenvalue weighted by Gasteiger charge is 2.38. The maximum Gasteiger partial charge on any atom is 0.253 e. The number of rotatable bonds is 7. The van der Waals surface area contributed by atoms with E-state index in [1.54, 1.807) is 0 Å². The summed E-state index contributed by atoms with van der Waals surface area (Å²) in [5.74, 6) is 0. The first-order valence-electron chi connectivity index (χ1n) is 11.5. The molecule has 3 N–H and O–H groups in total. The summed E-state index contributed by atoms with van der Waals surface area (Å²) >= 11 is 0.